The Morgan fingerprint density at radius 2 is 2.18 bits per heavy atom. The number of nitrogens with two attached hydrogens (primary N) is 1. The van der Waals surface area contributed by atoms with Gasteiger partial charge in [0.2, 0.25) is 0 Å². The normalized spacial score (nSPS) is 19.2. The van der Waals surface area contributed by atoms with Crippen LogP contribution in [0.25, 0.3) is 0 Å². The third-order valence-electron chi connectivity index (χ3n) is 3.65. The molecule has 1 aliphatic rings. The van der Waals surface area contributed by atoms with Crippen molar-refractivity contribution in [1.29, 1.82) is 0 Å². The first-order valence-corrected chi connectivity index (χ1v) is 6.46. The van der Waals surface area contributed by atoms with Crippen molar-refractivity contribution >= 4 is 0 Å². The average molecular weight is 235 g/mol. The van der Waals surface area contributed by atoms with E-state index in [0.29, 0.717) is 12.5 Å². The van der Waals surface area contributed by atoms with Crippen LogP contribution in [0.4, 0.5) is 0 Å². The highest BCUT2D eigenvalue weighted by atomic mass is 16.1. The first kappa shape index (κ1) is 12.3. The second-order valence-electron chi connectivity index (χ2n) is 5.12. The van der Waals surface area contributed by atoms with E-state index in [-0.39, 0.29) is 11.6 Å². The van der Waals surface area contributed by atoms with Gasteiger partial charge in [-0.15, -0.1) is 0 Å². The summed E-state index contributed by atoms with van der Waals surface area (Å²) in [7, 11) is 0. The predicted octanol–water partition coefficient (Wildman–Crippen LogP) is 1.46. The molecule has 17 heavy (non-hydrogen) atoms. The lowest BCUT2D eigenvalue weighted by Gasteiger charge is -2.27. The van der Waals surface area contributed by atoms with Gasteiger partial charge in [-0.05, 0) is 31.2 Å². The summed E-state index contributed by atoms with van der Waals surface area (Å²) >= 11 is 0. The van der Waals surface area contributed by atoms with Crippen LogP contribution in [0.2, 0.25) is 0 Å². The van der Waals surface area contributed by atoms with Gasteiger partial charge in [-0.2, -0.15) is 5.10 Å². The Balaban J connectivity index is 2.01. The minimum atomic E-state index is -0.0451. The molecule has 1 atom stereocenters. The number of aryl methyl sites for hydroxylation is 1. The summed E-state index contributed by atoms with van der Waals surface area (Å²) in [5.74, 6) is 0.554. The summed E-state index contributed by atoms with van der Waals surface area (Å²) in [6, 6.07) is 1.67. The number of nitrogens with zero attached hydrogens (tertiary/aromatic N) is 2. The van der Waals surface area contributed by atoms with Crippen molar-refractivity contribution in [3.8, 4) is 0 Å². The molecule has 1 unspecified atom stereocenters. The standard InChI is InChI=1S/C13H21N3O/c1-10-7-13(17)16(15-8-10)9-12(14)11-5-3-2-4-6-11/h7-8,11-12H,2-6,9,14H2,1H3. The van der Waals surface area contributed by atoms with Gasteiger partial charge in [-0.3, -0.25) is 4.79 Å². The van der Waals surface area contributed by atoms with E-state index in [1.807, 2.05) is 6.92 Å². The lowest BCUT2D eigenvalue weighted by molar-refractivity contribution is 0.276. The predicted molar refractivity (Wildman–Crippen MR) is 67.8 cm³/mol. The molecule has 2 rings (SSSR count). The largest absolute Gasteiger partial charge is 0.326 e. The molecule has 1 aromatic heterocycles. The summed E-state index contributed by atoms with van der Waals surface area (Å²) in [5.41, 5.74) is 7.04. The van der Waals surface area contributed by atoms with Crippen molar-refractivity contribution in [3.05, 3.63) is 28.2 Å². The van der Waals surface area contributed by atoms with E-state index in [0.717, 1.165) is 5.56 Å². The van der Waals surface area contributed by atoms with Crippen LogP contribution in [-0.2, 0) is 6.54 Å². The molecule has 1 aliphatic carbocycles. The van der Waals surface area contributed by atoms with E-state index >= 15 is 0 Å². The zero-order valence-corrected chi connectivity index (χ0v) is 10.4. The molecule has 0 radical (unpaired) electrons. The van der Waals surface area contributed by atoms with Gasteiger partial charge in [0.05, 0.1) is 12.7 Å². The first-order chi connectivity index (χ1) is 8.16. The highest BCUT2D eigenvalue weighted by Crippen LogP contribution is 2.25. The Kier molecular flexibility index (Phi) is 3.94. The molecule has 0 spiro atoms. The zero-order valence-electron chi connectivity index (χ0n) is 10.4. The molecular weight excluding hydrogens is 214 g/mol. The van der Waals surface area contributed by atoms with Gasteiger partial charge >= 0.3 is 0 Å². The third-order valence-corrected chi connectivity index (χ3v) is 3.65. The van der Waals surface area contributed by atoms with Gasteiger partial charge in [-0.25, -0.2) is 4.68 Å². The highest BCUT2D eigenvalue weighted by molar-refractivity contribution is 5.02. The molecule has 1 saturated carbocycles. The van der Waals surface area contributed by atoms with Crippen molar-refractivity contribution < 1.29 is 0 Å². The fraction of sp³-hybridized carbons (Fsp3) is 0.692. The van der Waals surface area contributed by atoms with Crippen LogP contribution >= 0.6 is 0 Å². The monoisotopic (exact) mass is 235 g/mol. The highest BCUT2D eigenvalue weighted by Gasteiger charge is 2.21. The molecule has 1 heterocycles. The van der Waals surface area contributed by atoms with Crippen LogP contribution in [0, 0.1) is 12.8 Å². The Hall–Kier alpha value is -1.16. The molecular formula is C13H21N3O. The number of rotatable bonds is 3. The van der Waals surface area contributed by atoms with Crippen LogP contribution in [-0.4, -0.2) is 15.8 Å². The van der Waals surface area contributed by atoms with Gasteiger partial charge in [0.1, 0.15) is 0 Å². The fourth-order valence-corrected chi connectivity index (χ4v) is 2.57. The van der Waals surface area contributed by atoms with Crippen molar-refractivity contribution in [3.63, 3.8) is 0 Å². The molecule has 0 aliphatic heterocycles. The molecule has 0 bridgehead atoms. The number of aromatic nitrogens is 2. The number of hydrogen-bond acceptors (Lipinski definition) is 3. The molecule has 1 aromatic rings. The smallest absolute Gasteiger partial charge is 0.267 e. The molecule has 0 amide bonds. The maximum atomic E-state index is 11.7. The van der Waals surface area contributed by atoms with Gasteiger partial charge in [0.15, 0.2) is 0 Å². The van der Waals surface area contributed by atoms with E-state index < -0.39 is 0 Å². The van der Waals surface area contributed by atoms with Crippen LogP contribution in [0.15, 0.2) is 17.1 Å². The average Bonchev–Trinajstić information content (AvgIpc) is 2.34. The minimum Gasteiger partial charge on any atom is -0.326 e. The summed E-state index contributed by atoms with van der Waals surface area (Å²) < 4.78 is 1.49. The quantitative estimate of drug-likeness (QED) is 0.862. The maximum absolute atomic E-state index is 11.7. The fourth-order valence-electron chi connectivity index (χ4n) is 2.57. The van der Waals surface area contributed by atoms with Crippen LogP contribution in [0.3, 0.4) is 0 Å². The topological polar surface area (TPSA) is 60.9 Å². The van der Waals surface area contributed by atoms with Crippen molar-refractivity contribution in [1.82, 2.24) is 9.78 Å². The van der Waals surface area contributed by atoms with E-state index in [1.54, 1.807) is 12.3 Å². The summed E-state index contributed by atoms with van der Waals surface area (Å²) in [4.78, 5) is 11.7. The molecule has 1 fully saturated rings. The van der Waals surface area contributed by atoms with E-state index in [2.05, 4.69) is 5.10 Å². The molecule has 2 N–H and O–H groups in total. The maximum Gasteiger partial charge on any atom is 0.267 e. The minimum absolute atomic E-state index is 0.0451. The molecule has 0 aromatic carbocycles. The Bertz CT molecular complexity index is 421. The lowest BCUT2D eigenvalue weighted by atomic mass is 9.84. The number of hydrogen-bond donors (Lipinski definition) is 1. The second kappa shape index (κ2) is 5.45. The molecule has 0 saturated heterocycles. The molecule has 94 valence electrons. The molecule has 4 nitrogen and oxygen atoms in total. The first-order valence-electron chi connectivity index (χ1n) is 6.46. The Labute approximate surface area is 102 Å². The van der Waals surface area contributed by atoms with Gasteiger partial charge in [-0.1, -0.05) is 19.3 Å². The van der Waals surface area contributed by atoms with Crippen LogP contribution < -0.4 is 11.3 Å². The van der Waals surface area contributed by atoms with Gasteiger partial charge in [0, 0.05) is 12.1 Å². The SMILES string of the molecule is Cc1cnn(CC(N)C2CCCCC2)c(=O)c1. The summed E-state index contributed by atoms with van der Waals surface area (Å²) in [6.07, 6.45) is 7.98. The van der Waals surface area contributed by atoms with E-state index in [1.165, 1.54) is 36.8 Å². The summed E-state index contributed by atoms with van der Waals surface area (Å²) in [5, 5.41) is 4.14. The molecule has 4 heteroatoms. The Morgan fingerprint density at radius 1 is 1.47 bits per heavy atom. The van der Waals surface area contributed by atoms with Crippen molar-refractivity contribution in [2.45, 2.75) is 51.6 Å². The van der Waals surface area contributed by atoms with Crippen molar-refractivity contribution in [2.24, 2.45) is 11.7 Å². The van der Waals surface area contributed by atoms with E-state index in [9.17, 15) is 4.79 Å². The van der Waals surface area contributed by atoms with Crippen LogP contribution in [0.5, 0.6) is 0 Å². The van der Waals surface area contributed by atoms with Gasteiger partial charge < -0.3 is 5.73 Å². The lowest BCUT2D eigenvalue weighted by Crippen LogP contribution is -2.39. The second-order valence-corrected chi connectivity index (χ2v) is 5.12. The van der Waals surface area contributed by atoms with Crippen molar-refractivity contribution in [2.75, 3.05) is 0 Å². The Morgan fingerprint density at radius 3 is 2.82 bits per heavy atom. The zero-order chi connectivity index (χ0) is 12.3. The van der Waals surface area contributed by atoms with E-state index in [4.69, 9.17) is 5.73 Å². The van der Waals surface area contributed by atoms with Crippen LogP contribution in [0.1, 0.15) is 37.7 Å². The third kappa shape index (κ3) is 3.16. The van der Waals surface area contributed by atoms with Gasteiger partial charge in [0.25, 0.3) is 5.56 Å². The summed E-state index contributed by atoms with van der Waals surface area (Å²) in [6.45, 7) is 2.42.